The van der Waals surface area contributed by atoms with Crippen LogP contribution in [0.25, 0.3) is 0 Å². The van der Waals surface area contributed by atoms with Crippen molar-refractivity contribution in [3.8, 4) is 0 Å². The first kappa shape index (κ1) is 17.4. The van der Waals surface area contributed by atoms with Crippen molar-refractivity contribution in [2.45, 2.75) is 44.0 Å². The number of urea groups is 1. The fourth-order valence-electron chi connectivity index (χ4n) is 2.70. The van der Waals surface area contributed by atoms with Crippen molar-refractivity contribution in [3.63, 3.8) is 0 Å². The van der Waals surface area contributed by atoms with E-state index < -0.39 is 0 Å². The molecule has 0 aliphatic heterocycles. The Morgan fingerprint density at radius 3 is 2.86 bits per heavy atom. The van der Waals surface area contributed by atoms with Gasteiger partial charge in [-0.1, -0.05) is 6.92 Å². The number of rotatable bonds is 6. The smallest absolute Gasteiger partial charge is 0.317 e. The zero-order valence-corrected chi connectivity index (χ0v) is 15.5. The van der Waals surface area contributed by atoms with Gasteiger partial charge in [0.05, 0.1) is 12.2 Å². The van der Waals surface area contributed by atoms with Crippen LogP contribution in [0.4, 0.5) is 9.93 Å². The molecule has 5 nitrogen and oxygen atoms in total. The fraction of sp³-hybridized carbons (Fsp3) is 0.733. The van der Waals surface area contributed by atoms with Crippen molar-refractivity contribution < 1.29 is 4.79 Å². The standard InChI is InChI=1S/C15H26N4OS2/c1-5-21-13-7-6-12(8-13)19(4)14(20)16-9-11-10-22-15(17-11)18(2)3/h10,12-13H,5-9H2,1-4H3,(H,16,20)/t12-,13+/m1/s1. The molecule has 0 saturated heterocycles. The first-order chi connectivity index (χ1) is 10.5. The third-order valence-corrected chi connectivity index (χ3v) is 6.26. The molecule has 124 valence electrons. The summed E-state index contributed by atoms with van der Waals surface area (Å²) >= 11 is 3.61. The first-order valence-electron chi connectivity index (χ1n) is 7.75. The third-order valence-electron chi connectivity index (χ3n) is 3.97. The van der Waals surface area contributed by atoms with Gasteiger partial charge in [0, 0.05) is 37.8 Å². The summed E-state index contributed by atoms with van der Waals surface area (Å²) in [7, 11) is 5.85. The quantitative estimate of drug-likeness (QED) is 0.863. The monoisotopic (exact) mass is 342 g/mol. The molecule has 2 rings (SSSR count). The Bertz CT molecular complexity index is 492. The van der Waals surface area contributed by atoms with Crippen molar-refractivity contribution in [1.82, 2.24) is 15.2 Å². The maximum absolute atomic E-state index is 12.3. The van der Waals surface area contributed by atoms with E-state index in [1.54, 1.807) is 11.3 Å². The maximum Gasteiger partial charge on any atom is 0.317 e. The number of thioether (sulfide) groups is 1. The molecule has 1 fully saturated rings. The molecular formula is C15H26N4OS2. The van der Waals surface area contributed by atoms with E-state index in [-0.39, 0.29) is 6.03 Å². The van der Waals surface area contributed by atoms with E-state index in [2.05, 4.69) is 17.2 Å². The molecule has 1 N–H and O–H groups in total. The molecule has 22 heavy (non-hydrogen) atoms. The summed E-state index contributed by atoms with van der Waals surface area (Å²) in [6.07, 6.45) is 3.45. The highest BCUT2D eigenvalue weighted by Crippen LogP contribution is 2.32. The number of nitrogens with one attached hydrogen (secondary N) is 1. The molecule has 0 unspecified atom stereocenters. The van der Waals surface area contributed by atoms with Crippen LogP contribution in [0.15, 0.2) is 5.38 Å². The van der Waals surface area contributed by atoms with Gasteiger partial charge in [0.1, 0.15) is 0 Å². The van der Waals surface area contributed by atoms with E-state index in [1.165, 1.54) is 6.42 Å². The lowest BCUT2D eigenvalue weighted by atomic mass is 10.2. The minimum atomic E-state index is 0.00607. The lowest BCUT2D eigenvalue weighted by Gasteiger charge is -2.24. The number of amides is 2. The summed E-state index contributed by atoms with van der Waals surface area (Å²) in [5.74, 6) is 1.16. The number of thiazole rings is 1. The first-order valence-corrected chi connectivity index (χ1v) is 9.68. The van der Waals surface area contributed by atoms with Crippen molar-refractivity contribution in [3.05, 3.63) is 11.1 Å². The maximum atomic E-state index is 12.3. The van der Waals surface area contributed by atoms with Gasteiger partial charge in [-0.3, -0.25) is 0 Å². The van der Waals surface area contributed by atoms with Crippen LogP contribution in [-0.4, -0.2) is 54.1 Å². The number of hydrogen-bond acceptors (Lipinski definition) is 5. The molecule has 1 aliphatic rings. The second kappa shape index (κ2) is 8.06. The zero-order valence-electron chi connectivity index (χ0n) is 13.8. The van der Waals surface area contributed by atoms with Crippen LogP contribution >= 0.6 is 23.1 Å². The van der Waals surface area contributed by atoms with Crippen LogP contribution in [0, 0.1) is 0 Å². The van der Waals surface area contributed by atoms with Gasteiger partial charge >= 0.3 is 6.03 Å². The minimum absolute atomic E-state index is 0.00607. The molecule has 2 atom stereocenters. The van der Waals surface area contributed by atoms with Crippen molar-refractivity contribution in [2.75, 3.05) is 31.8 Å². The fourth-order valence-corrected chi connectivity index (χ4v) is 4.59. The van der Waals surface area contributed by atoms with Crippen LogP contribution in [0.3, 0.4) is 0 Å². The van der Waals surface area contributed by atoms with Crippen LogP contribution in [0.5, 0.6) is 0 Å². The molecule has 2 amide bonds. The lowest BCUT2D eigenvalue weighted by molar-refractivity contribution is 0.190. The van der Waals surface area contributed by atoms with E-state index in [0.29, 0.717) is 17.8 Å². The topological polar surface area (TPSA) is 48.5 Å². The zero-order chi connectivity index (χ0) is 16.1. The molecular weight excluding hydrogens is 316 g/mol. The van der Waals surface area contributed by atoms with Crippen molar-refractivity contribution in [2.24, 2.45) is 0 Å². The Balaban J connectivity index is 1.79. The molecule has 0 aromatic carbocycles. The van der Waals surface area contributed by atoms with Gasteiger partial charge in [0.2, 0.25) is 0 Å². The Hall–Kier alpha value is -0.950. The van der Waals surface area contributed by atoms with Gasteiger partial charge in [-0.05, 0) is 25.0 Å². The molecule has 1 heterocycles. The third kappa shape index (κ3) is 4.52. The highest BCUT2D eigenvalue weighted by Gasteiger charge is 2.29. The Morgan fingerprint density at radius 2 is 2.23 bits per heavy atom. The average Bonchev–Trinajstić information content (AvgIpc) is 3.13. The molecule has 7 heteroatoms. The predicted octanol–water partition coefficient (Wildman–Crippen LogP) is 3.02. The molecule has 0 spiro atoms. The number of anilines is 1. The molecule has 0 bridgehead atoms. The molecule has 1 aromatic heterocycles. The molecule has 0 radical (unpaired) electrons. The summed E-state index contributed by atoms with van der Waals surface area (Å²) in [5.41, 5.74) is 0.918. The number of nitrogens with zero attached hydrogens (tertiary/aromatic N) is 3. The molecule has 1 aliphatic carbocycles. The van der Waals surface area contributed by atoms with Crippen LogP contribution in [0.2, 0.25) is 0 Å². The van der Waals surface area contributed by atoms with E-state index in [4.69, 9.17) is 0 Å². The Kier molecular flexibility index (Phi) is 6.37. The van der Waals surface area contributed by atoms with Crippen molar-refractivity contribution in [1.29, 1.82) is 0 Å². The van der Waals surface area contributed by atoms with E-state index in [9.17, 15) is 4.79 Å². The van der Waals surface area contributed by atoms with E-state index in [1.807, 2.05) is 48.1 Å². The highest BCUT2D eigenvalue weighted by atomic mass is 32.2. The molecule has 1 aromatic rings. The van der Waals surface area contributed by atoms with Gasteiger partial charge in [-0.2, -0.15) is 11.8 Å². The van der Waals surface area contributed by atoms with Gasteiger partial charge in [-0.15, -0.1) is 11.3 Å². The normalized spacial score (nSPS) is 20.9. The van der Waals surface area contributed by atoms with Gasteiger partial charge < -0.3 is 15.1 Å². The Morgan fingerprint density at radius 1 is 1.45 bits per heavy atom. The van der Waals surface area contributed by atoms with E-state index >= 15 is 0 Å². The van der Waals surface area contributed by atoms with Gasteiger partial charge in [0.25, 0.3) is 0 Å². The highest BCUT2D eigenvalue weighted by molar-refractivity contribution is 7.99. The number of carbonyl (C=O) groups excluding carboxylic acids is 1. The summed E-state index contributed by atoms with van der Waals surface area (Å²) in [5, 5.41) is 6.66. The molecule has 1 saturated carbocycles. The van der Waals surface area contributed by atoms with E-state index in [0.717, 1.165) is 29.4 Å². The number of aromatic nitrogens is 1. The SMILES string of the molecule is CCS[C@H]1CC[C@@H](N(C)C(=O)NCc2csc(N(C)C)n2)C1. The van der Waals surface area contributed by atoms with Crippen LogP contribution in [-0.2, 0) is 6.54 Å². The number of carbonyl (C=O) groups is 1. The second-order valence-corrected chi connectivity index (χ2v) is 8.24. The summed E-state index contributed by atoms with van der Waals surface area (Å²) in [6, 6.07) is 0.378. The largest absolute Gasteiger partial charge is 0.354 e. The number of hydrogen-bond donors (Lipinski definition) is 1. The lowest BCUT2D eigenvalue weighted by Crippen LogP contribution is -2.42. The summed E-state index contributed by atoms with van der Waals surface area (Å²) in [6.45, 7) is 2.69. The average molecular weight is 343 g/mol. The van der Waals surface area contributed by atoms with Crippen LogP contribution in [0.1, 0.15) is 31.9 Å². The van der Waals surface area contributed by atoms with Crippen molar-refractivity contribution >= 4 is 34.3 Å². The van der Waals surface area contributed by atoms with Crippen LogP contribution < -0.4 is 10.2 Å². The second-order valence-electron chi connectivity index (χ2n) is 5.83. The summed E-state index contributed by atoms with van der Waals surface area (Å²) in [4.78, 5) is 20.6. The summed E-state index contributed by atoms with van der Waals surface area (Å²) < 4.78 is 0. The Labute approximate surface area is 141 Å². The minimum Gasteiger partial charge on any atom is -0.354 e. The predicted molar refractivity (Wildman–Crippen MR) is 96.0 cm³/mol. The van der Waals surface area contributed by atoms with Gasteiger partial charge in [-0.25, -0.2) is 9.78 Å². The van der Waals surface area contributed by atoms with Gasteiger partial charge in [0.15, 0.2) is 5.13 Å².